The summed E-state index contributed by atoms with van der Waals surface area (Å²) in [6, 6.07) is 18.2. The maximum Gasteiger partial charge on any atom is 0.270 e. The summed E-state index contributed by atoms with van der Waals surface area (Å²) < 4.78 is 1.37. The Morgan fingerprint density at radius 3 is 2.35 bits per heavy atom. The average molecular weight is 586 g/mol. The van der Waals surface area contributed by atoms with Crippen LogP contribution in [0.2, 0.25) is 0 Å². The maximum absolute atomic E-state index is 13.5. The Balaban J connectivity index is 1.52. The quantitative estimate of drug-likeness (QED) is 0.190. The van der Waals surface area contributed by atoms with Crippen LogP contribution in [0.3, 0.4) is 0 Å². The van der Waals surface area contributed by atoms with Crippen LogP contribution < -0.4 is 21.7 Å². The molecule has 0 aliphatic heterocycles. The number of carbonyl (C=O) groups excluding carboxylic acids is 4. The van der Waals surface area contributed by atoms with Gasteiger partial charge in [-0.3, -0.25) is 19.2 Å². The number of amides is 4. The lowest BCUT2D eigenvalue weighted by Gasteiger charge is -2.23. The van der Waals surface area contributed by atoms with E-state index in [1.807, 2.05) is 63.2 Å². The van der Waals surface area contributed by atoms with Crippen LogP contribution in [-0.4, -0.2) is 66.4 Å². The molecule has 0 aliphatic carbocycles. The molecule has 13 nitrogen and oxygen atoms in total. The van der Waals surface area contributed by atoms with Gasteiger partial charge >= 0.3 is 0 Å². The molecule has 0 spiro atoms. The molecule has 13 heteroatoms. The molecular weight excluding hydrogens is 550 g/mol. The molecule has 224 valence electrons. The van der Waals surface area contributed by atoms with Gasteiger partial charge in [0, 0.05) is 23.4 Å². The van der Waals surface area contributed by atoms with Crippen LogP contribution in [0.4, 0.5) is 0 Å². The first-order valence-corrected chi connectivity index (χ1v) is 13.8. The molecule has 0 aliphatic rings. The number of hydrogen-bond donors (Lipinski definition) is 4. The predicted octanol–water partition coefficient (Wildman–Crippen LogP) is 1.08. The van der Waals surface area contributed by atoms with Gasteiger partial charge in [-0.15, -0.1) is 5.10 Å². The summed E-state index contributed by atoms with van der Waals surface area (Å²) >= 11 is 0. The summed E-state index contributed by atoms with van der Waals surface area (Å²) in [6.07, 6.45) is 0.130. The lowest BCUT2D eigenvalue weighted by Crippen LogP contribution is -2.52. The van der Waals surface area contributed by atoms with Crippen molar-refractivity contribution in [3.8, 4) is 0 Å². The highest BCUT2D eigenvalue weighted by Crippen LogP contribution is 2.13. The van der Waals surface area contributed by atoms with Crippen LogP contribution in [-0.2, 0) is 33.8 Å². The Hall–Kier alpha value is -5.20. The fraction of sp³-hybridized carbons (Fsp3) is 0.333. The van der Waals surface area contributed by atoms with Crippen molar-refractivity contribution in [3.63, 3.8) is 0 Å². The number of nitrogens with zero attached hydrogens (tertiary/aromatic N) is 5. The van der Waals surface area contributed by atoms with Crippen molar-refractivity contribution in [1.29, 1.82) is 0 Å². The van der Waals surface area contributed by atoms with Gasteiger partial charge < -0.3 is 21.7 Å². The molecular formula is C30H35N9O4. The van der Waals surface area contributed by atoms with Crippen molar-refractivity contribution in [1.82, 2.24) is 41.1 Å². The Morgan fingerprint density at radius 2 is 1.63 bits per heavy atom. The molecule has 2 atom stereocenters. The van der Waals surface area contributed by atoms with Crippen molar-refractivity contribution in [2.24, 2.45) is 5.73 Å². The third-order valence-corrected chi connectivity index (χ3v) is 6.37. The topological polar surface area (TPSA) is 187 Å². The van der Waals surface area contributed by atoms with E-state index >= 15 is 0 Å². The minimum atomic E-state index is -1.26. The number of fused-ring (bicyclic) bond motifs is 1. The van der Waals surface area contributed by atoms with Gasteiger partial charge in [0.05, 0.1) is 11.9 Å². The summed E-state index contributed by atoms with van der Waals surface area (Å²) in [5, 5.41) is 21.0. The fourth-order valence-corrected chi connectivity index (χ4v) is 4.52. The first kappa shape index (κ1) is 30.8. The van der Waals surface area contributed by atoms with E-state index in [0.717, 1.165) is 10.9 Å². The summed E-state index contributed by atoms with van der Waals surface area (Å²) in [6.45, 7) is 5.50. The van der Waals surface area contributed by atoms with Gasteiger partial charge in [-0.05, 0) is 55.3 Å². The standard InChI is InChI=1S/C30H35N9O4/c1-30(2,3)35-27(41)18-39-26(36-37-38-39)16-21(15-19-9-5-4-6-10-19)32-29(43)24(17-25(31)40)34-28(42)23-14-13-20-11-7-8-12-22(20)33-23/h4-14,21,24H,15-18H2,1-3H3,(H2,31,40)(H,32,43)(H,34,42)(H,35,41)/t21-,24-/m0/s1. The van der Waals surface area contributed by atoms with Crippen molar-refractivity contribution >= 4 is 34.5 Å². The number of para-hydroxylation sites is 1. The number of aromatic nitrogens is 5. The van der Waals surface area contributed by atoms with Gasteiger partial charge in [-0.2, -0.15) is 0 Å². The molecule has 2 heterocycles. The van der Waals surface area contributed by atoms with Gasteiger partial charge in [0.25, 0.3) is 5.91 Å². The summed E-state index contributed by atoms with van der Waals surface area (Å²) in [4.78, 5) is 55.4. The van der Waals surface area contributed by atoms with Crippen molar-refractivity contribution in [3.05, 3.63) is 83.8 Å². The highest BCUT2D eigenvalue weighted by Gasteiger charge is 2.27. The summed E-state index contributed by atoms with van der Waals surface area (Å²) in [5.41, 5.74) is 6.64. The minimum absolute atomic E-state index is 0.0921. The van der Waals surface area contributed by atoms with Crippen LogP contribution in [0, 0.1) is 0 Å². The van der Waals surface area contributed by atoms with Crippen LogP contribution in [0.25, 0.3) is 10.9 Å². The normalized spacial score (nSPS) is 12.7. The molecule has 0 saturated carbocycles. The molecule has 4 amide bonds. The minimum Gasteiger partial charge on any atom is -0.370 e. The van der Waals surface area contributed by atoms with Crippen molar-refractivity contribution in [2.45, 2.75) is 64.2 Å². The molecule has 4 rings (SSSR count). The molecule has 0 bridgehead atoms. The number of carbonyl (C=O) groups is 4. The zero-order valence-electron chi connectivity index (χ0n) is 24.3. The van der Waals surface area contributed by atoms with Gasteiger partial charge in [0.1, 0.15) is 18.3 Å². The third kappa shape index (κ3) is 9.15. The SMILES string of the molecule is CC(C)(C)NC(=O)Cn1nnnc1C[C@H](Cc1ccccc1)NC(=O)[C@H](CC(N)=O)NC(=O)c1ccc2ccccc2n1. The number of benzene rings is 2. The molecule has 0 unspecified atom stereocenters. The second-order valence-corrected chi connectivity index (χ2v) is 11.2. The summed E-state index contributed by atoms with van der Waals surface area (Å²) in [5.74, 6) is -1.89. The maximum atomic E-state index is 13.5. The molecule has 0 saturated heterocycles. The van der Waals surface area contributed by atoms with E-state index in [1.165, 1.54) is 4.68 Å². The number of primary amides is 1. The molecule has 0 radical (unpaired) electrons. The second-order valence-electron chi connectivity index (χ2n) is 11.2. The Labute approximate surface area is 248 Å². The number of tetrazole rings is 1. The van der Waals surface area contributed by atoms with E-state index in [9.17, 15) is 19.2 Å². The van der Waals surface area contributed by atoms with E-state index in [0.29, 0.717) is 17.8 Å². The molecule has 2 aromatic heterocycles. The molecule has 43 heavy (non-hydrogen) atoms. The highest BCUT2D eigenvalue weighted by atomic mass is 16.2. The molecule has 2 aromatic carbocycles. The van der Waals surface area contributed by atoms with Gasteiger partial charge in [0.15, 0.2) is 5.82 Å². The van der Waals surface area contributed by atoms with Crippen molar-refractivity contribution in [2.75, 3.05) is 0 Å². The van der Waals surface area contributed by atoms with E-state index in [1.54, 1.807) is 24.3 Å². The van der Waals surface area contributed by atoms with E-state index in [-0.39, 0.29) is 24.6 Å². The number of hydrogen-bond acceptors (Lipinski definition) is 8. The fourth-order valence-electron chi connectivity index (χ4n) is 4.52. The Bertz CT molecular complexity index is 1600. The van der Waals surface area contributed by atoms with E-state index < -0.39 is 41.8 Å². The van der Waals surface area contributed by atoms with E-state index in [2.05, 4.69) is 36.5 Å². The van der Waals surface area contributed by atoms with E-state index in [4.69, 9.17) is 5.73 Å². The second kappa shape index (κ2) is 13.6. The first-order chi connectivity index (χ1) is 20.5. The highest BCUT2D eigenvalue weighted by molar-refractivity contribution is 5.99. The zero-order chi connectivity index (χ0) is 31.0. The number of rotatable bonds is 12. The van der Waals surface area contributed by atoms with Crippen LogP contribution in [0.1, 0.15) is 49.1 Å². The Kier molecular flexibility index (Phi) is 9.76. The first-order valence-electron chi connectivity index (χ1n) is 13.8. The monoisotopic (exact) mass is 585 g/mol. The van der Waals surface area contributed by atoms with Gasteiger partial charge in [-0.25, -0.2) is 9.67 Å². The number of pyridine rings is 1. The smallest absolute Gasteiger partial charge is 0.270 e. The molecule has 5 N–H and O–H groups in total. The predicted molar refractivity (Wildman–Crippen MR) is 158 cm³/mol. The Morgan fingerprint density at radius 1 is 0.907 bits per heavy atom. The lowest BCUT2D eigenvalue weighted by atomic mass is 10.0. The lowest BCUT2D eigenvalue weighted by molar-refractivity contribution is -0.127. The van der Waals surface area contributed by atoms with Gasteiger partial charge in [0.2, 0.25) is 17.7 Å². The molecule has 4 aromatic rings. The number of nitrogens with two attached hydrogens (primary N) is 1. The van der Waals surface area contributed by atoms with Gasteiger partial charge in [-0.1, -0.05) is 54.6 Å². The van der Waals surface area contributed by atoms with Crippen molar-refractivity contribution < 1.29 is 19.2 Å². The van der Waals surface area contributed by atoms with Crippen LogP contribution in [0.5, 0.6) is 0 Å². The van der Waals surface area contributed by atoms with Crippen LogP contribution in [0.15, 0.2) is 66.7 Å². The largest absolute Gasteiger partial charge is 0.370 e. The van der Waals surface area contributed by atoms with Crippen LogP contribution >= 0.6 is 0 Å². The zero-order valence-corrected chi connectivity index (χ0v) is 24.3. The number of nitrogens with one attached hydrogen (secondary N) is 3. The average Bonchev–Trinajstić information content (AvgIpc) is 3.37. The third-order valence-electron chi connectivity index (χ3n) is 6.37. The summed E-state index contributed by atoms with van der Waals surface area (Å²) in [7, 11) is 0. The molecule has 0 fully saturated rings.